The van der Waals surface area contributed by atoms with Crippen molar-refractivity contribution in [3.8, 4) is 27.8 Å². The van der Waals surface area contributed by atoms with Gasteiger partial charge < -0.3 is 43.5 Å². The van der Waals surface area contributed by atoms with Gasteiger partial charge in [0.25, 0.3) is 0 Å². The Morgan fingerprint density at radius 3 is 1.74 bits per heavy atom. The molecule has 0 radical (unpaired) electrons. The van der Waals surface area contributed by atoms with E-state index in [-0.39, 0.29) is 46.6 Å². The topological polar surface area (TPSA) is 208 Å². The number of aromatic nitrogens is 1. The SMILES string of the molecule is CCc1cc2c(=O)c(-c3nc(C)cs3)c(C(Cc3ccc(OC(=O)C(C)(C)C)cc3)NC(=O)OC(C)(C)C)oc2cc1OC(=O)C(Cc1ccc(OC(=O)OC(C)(C)C)cc1)NC(=O)OC(C)(C)C. The summed E-state index contributed by atoms with van der Waals surface area (Å²) in [5.41, 5.74) is -1.17. The molecule has 17 heteroatoms. The highest BCUT2D eigenvalue weighted by molar-refractivity contribution is 7.13. The van der Waals surface area contributed by atoms with Crippen LogP contribution in [0.3, 0.4) is 0 Å². The Morgan fingerprint density at radius 2 is 1.23 bits per heavy atom. The molecule has 2 heterocycles. The number of ether oxygens (including phenoxy) is 6. The van der Waals surface area contributed by atoms with Crippen LogP contribution in [0.4, 0.5) is 14.4 Å². The van der Waals surface area contributed by atoms with Gasteiger partial charge in [0.2, 0.25) is 5.43 Å². The summed E-state index contributed by atoms with van der Waals surface area (Å²) < 4.78 is 40.0. The summed E-state index contributed by atoms with van der Waals surface area (Å²) in [6, 6.07) is 13.8. The Kier molecular flexibility index (Phi) is 16.4. The average Bonchev–Trinajstić information content (AvgIpc) is 3.64. The maximum atomic E-state index is 14.9. The van der Waals surface area contributed by atoms with E-state index in [4.69, 9.17) is 32.8 Å². The standard InChI is InChI=1S/C52H63N3O13S/c1-15-32-26-35-39(27-38(32)65-44(57)37(55-47(60)67-51(9,10)11)25-31-18-22-34(23-19-31)63-48(61)68-52(12,13)14)64-42(40(41(35)56)43-53-29(2)28-69-43)36(54-46(59)66-50(6,7)8)24-30-16-20-33(21-17-30)62-45(58)49(3,4)5/h16-23,26-28,36-37H,15,24-25H2,1-14H3,(H,54,59)(H,55,60). The van der Waals surface area contributed by atoms with Crippen LogP contribution >= 0.6 is 11.3 Å². The van der Waals surface area contributed by atoms with Gasteiger partial charge in [0.15, 0.2) is 0 Å². The Labute approximate surface area is 406 Å². The van der Waals surface area contributed by atoms with Gasteiger partial charge in [-0.1, -0.05) is 31.2 Å². The van der Waals surface area contributed by atoms with E-state index >= 15 is 0 Å². The van der Waals surface area contributed by atoms with E-state index in [1.807, 2.05) is 6.92 Å². The highest BCUT2D eigenvalue weighted by Crippen LogP contribution is 2.36. The molecule has 0 spiro atoms. The average molecular weight is 970 g/mol. The number of esters is 2. The first-order chi connectivity index (χ1) is 32.0. The number of nitrogens with one attached hydrogen (secondary N) is 2. The maximum absolute atomic E-state index is 14.9. The molecule has 16 nitrogen and oxygen atoms in total. The summed E-state index contributed by atoms with van der Waals surface area (Å²) in [6.45, 7) is 24.2. The lowest BCUT2D eigenvalue weighted by Crippen LogP contribution is -2.46. The van der Waals surface area contributed by atoms with Crippen molar-refractivity contribution in [1.29, 1.82) is 0 Å². The highest BCUT2D eigenvalue weighted by Gasteiger charge is 2.32. The molecule has 5 rings (SSSR count). The van der Waals surface area contributed by atoms with Crippen molar-refractivity contribution in [3.05, 3.63) is 104 Å². The number of fused-ring (bicyclic) bond motifs is 1. The second kappa shape index (κ2) is 21.3. The third kappa shape index (κ3) is 15.6. The van der Waals surface area contributed by atoms with Crippen LogP contribution in [0, 0.1) is 12.3 Å². The number of carbonyl (C=O) groups excluding carboxylic acids is 5. The smallest absolute Gasteiger partial charge is 0.458 e. The van der Waals surface area contributed by atoms with Gasteiger partial charge in [-0.05, 0) is 143 Å². The summed E-state index contributed by atoms with van der Waals surface area (Å²) in [4.78, 5) is 85.4. The van der Waals surface area contributed by atoms with Gasteiger partial charge in [-0.2, -0.15) is 0 Å². The number of carbonyl (C=O) groups is 5. The summed E-state index contributed by atoms with van der Waals surface area (Å²) in [7, 11) is 0. The Morgan fingerprint density at radius 1 is 0.696 bits per heavy atom. The van der Waals surface area contributed by atoms with Gasteiger partial charge >= 0.3 is 30.3 Å². The molecular weight excluding hydrogens is 907 g/mol. The molecule has 2 amide bonds. The van der Waals surface area contributed by atoms with Crippen LogP contribution < -0.4 is 30.3 Å². The minimum Gasteiger partial charge on any atom is -0.458 e. The number of rotatable bonds is 13. The molecular formula is C52H63N3O13S. The number of amides is 2. The van der Waals surface area contributed by atoms with E-state index in [2.05, 4.69) is 15.6 Å². The van der Waals surface area contributed by atoms with Crippen molar-refractivity contribution < 1.29 is 56.8 Å². The number of thiazole rings is 1. The Balaban J connectivity index is 1.58. The molecule has 0 fully saturated rings. The molecule has 2 unspecified atom stereocenters. The first-order valence-corrected chi connectivity index (χ1v) is 23.4. The van der Waals surface area contributed by atoms with Crippen LogP contribution in [-0.4, -0.2) is 58.1 Å². The van der Waals surface area contributed by atoms with Crippen LogP contribution in [0.25, 0.3) is 21.5 Å². The van der Waals surface area contributed by atoms with Crippen LogP contribution in [-0.2, 0) is 43.1 Å². The molecule has 0 saturated carbocycles. The van der Waals surface area contributed by atoms with Crippen molar-refractivity contribution in [2.45, 2.75) is 145 Å². The quantitative estimate of drug-likeness (QED) is 0.0487. The van der Waals surface area contributed by atoms with E-state index in [0.29, 0.717) is 39.6 Å². The monoisotopic (exact) mass is 969 g/mol. The molecule has 5 aromatic rings. The number of hydrogen-bond donors (Lipinski definition) is 2. The predicted octanol–water partition coefficient (Wildman–Crippen LogP) is 10.9. The fourth-order valence-electron chi connectivity index (χ4n) is 6.54. The molecule has 0 bridgehead atoms. The number of nitrogens with zero attached hydrogens (tertiary/aromatic N) is 1. The van der Waals surface area contributed by atoms with Gasteiger partial charge in [0.05, 0.1) is 22.4 Å². The lowest BCUT2D eigenvalue weighted by molar-refractivity contribution is -0.143. The van der Waals surface area contributed by atoms with Crippen molar-refractivity contribution in [1.82, 2.24) is 15.6 Å². The van der Waals surface area contributed by atoms with Crippen LogP contribution in [0.15, 0.2) is 75.3 Å². The van der Waals surface area contributed by atoms with E-state index in [0.717, 1.165) is 0 Å². The Hall–Kier alpha value is -6.75. The van der Waals surface area contributed by atoms with Gasteiger partial charge in [-0.15, -0.1) is 11.3 Å². The molecule has 2 aromatic heterocycles. The van der Waals surface area contributed by atoms with Crippen molar-refractivity contribution in [2.75, 3.05) is 0 Å². The summed E-state index contributed by atoms with van der Waals surface area (Å²) in [6.07, 6.45) is -2.19. The zero-order valence-electron chi connectivity index (χ0n) is 41.8. The number of benzene rings is 3. The Bertz CT molecular complexity index is 2730. The first kappa shape index (κ1) is 53.2. The molecule has 2 N–H and O–H groups in total. The molecule has 3 aromatic carbocycles. The van der Waals surface area contributed by atoms with Gasteiger partial charge in [0, 0.05) is 30.0 Å². The zero-order valence-corrected chi connectivity index (χ0v) is 42.6. The van der Waals surface area contributed by atoms with E-state index in [1.54, 1.807) is 138 Å². The normalized spacial score (nSPS) is 12.9. The fraction of sp³-hybridized carbons (Fsp3) is 0.442. The largest absolute Gasteiger partial charge is 0.514 e. The minimum absolute atomic E-state index is 0.0321. The van der Waals surface area contributed by atoms with Crippen molar-refractivity contribution >= 4 is 52.6 Å². The minimum atomic E-state index is -1.29. The fourth-order valence-corrected chi connectivity index (χ4v) is 7.38. The maximum Gasteiger partial charge on any atom is 0.514 e. The van der Waals surface area contributed by atoms with Crippen LogP contribution in [0.5, 0.6) is 17.2 Å². The first-order valence-electron chi connectivity index (χ1n) is 22.5. The zero-order chi connectivity index (χ0) is 51.2. The van der Waals surface area contributed by atoms with Gasteiger partial charge in [-0.25, -0.2) is 24.2 Å². The molecule has 370 valence electrons. The summed E-state index contributed by atoms with van der Waals surface area (Å²) in [5, 5.41) is 7.85. The summed E-state index contributed by atoms with van der Waals surface area (Å²) in [5.74, 6) is -0.637. The van der Waals surface area contributed by atoms with Crippen LogP contribution in [0.2, 0.25) is 0 Å². The van der Waals surface area contributed by atoms with E-state index < -0.39 is 70.0 Å². The van der Waals surface area contributed by atoms with Crippen LogP contribution in [0.1, 0.15) is 124 Å². The molecule has 0 aliphatic carbocycles. The van der Waals surface area contributed by atoms with E-state index in [1.165, 1.54) is 29.5 Å². The van der Waals surface area contributed by atoms with Crippen molar-refractivity contribution in [3.63, 3.8) is 0 Å². The third-order valence-corrected chi connectivity index (χ3v) is 10.6. The number of aryl methyl sites for hydroxylation is 2. The van der Waals surface area contributed by atoms with Gasteiger partial charge in [0.1, 0.15) is 56.4 Å². The summed E-state index contributed by atoms with van der Waals surface area (Å²) >= 11 is 1.23. The van der Waals surface area contributed by atoms with Crippen molar-refractivity contribution in [2.24, 2.45) is 5.41 Å². The third-order valence-electron chi connectivity index (χ3n) is 9.65. The predicted molar refractivity (Wildman–Crippen MR) is 261 cm³/mol. The lowest BCUT2D eigenvalue weighted by atomic mass is 9.97. The number of alkyl carbamates (subject to hydrolysis) is 2. The number of hydrogen-bond acceptors (Lipinski definition) is 15. The molecule has 2 atom stereocenters. The second-order valence-electron chi connectivity index (χ2n) is 20.5. The molecule has 0 saturated heterocycles. The highest BCUT2D eigenvalue weighted by atomic mass is 32.1. The van der Waals surface area contributed by atoms with E-state index in [9.17, 15) is 28.8 Å². The second-order valence-corrected chi connectivity index (χ2v) is 21.4. The molecule has 0 aliphatic rings. The van der Waals surface area contributed by atoms with Gasteiger partial charge in [-0.3, -0.25) is 9.59 Å². The lowest BCUT2D eigenvalue weighted by Gasteiger charge is -2.25. The molecule has 0 aliphatic heterocycles. The molecule has 69 heavy (non-hydrogen) atoms.